The van der Waals surface area contributed by atoms with E-state index >= 15 is 0 Å². The Morgan fingerprint density at radius 3 is 2.74 bits per heavy atom. The van der Waals surface area contributed by atoms with Crippen molar-refractivity contribution in [2.24, 2.45) is 0 Å². The van der Waals surface area contributed by atoms with Gasteiger partial charge in [-0.1, -0.05) is 0 Å². The molecule has 1 aliphatic rings. The molecule has 0 saturated carbocycles. The summed E-state index contributed by atoms with van der Waals surface area (Å²) in [5.74, 6) is 1.74. The van der Waals surface area contributed by atoms with Gasteiger partial charge in [-0.05, 0) is 25.1 Å². The summed E-state index contributed by atoms with van der Waals surface area (Å²) in [7, 11) is 0. The average Bonchev–Trinajstić information content (AvgIpc) is 2.48. The Morgan fingerprint density at radius 2 is 2.05 bits per heavy atom. The largest absolute Gasteiger partial charge is 0.354 e. The first-order chi connectivity index (χ1) is 9.33. The summed E-state index contributed by atoms with van der Waals surface area (Å²) >= 11 is 0. The van der Waals surface area contributed by atoms with Crippen LogP contribution >= 0.6 is 0 Å². The Balaban J connectivity index is 1.79. The van der Waals surface area contributed by atoms with Gasteiger partial charge >= 0.3 is 0 Å². The molecule has 3 heterocycles. The molecule has 0 aromatic carbocycles. The number of piperazine rings is 1. The monoisotopic (exact) mass is 255 g/mol. The highest BCUT2D eigenvalue weighted by Crippen LogP contribution is 2.18. The van der Waals surface area contributed by atoms with Crippen LogP contribution in [0.4, 0.5) is 5.82 Å². The van der Waals surface area contributed by atoms with E-state index in [9.17, 15) is 0 Å². The Bertz CT molecular complexity index is 525. The smallest absolute Gasteiger partial charge is 0.160 e. The summed E-state index contributed by atoms with van der Waals surface area (Å²) in [5.41, 5.74) is 0.951. The zero-order chi connectivity index (χ0) is 13.1. The van der Waals surface area contributed by atoms with Gasteiger partial charge in [0.05, 0.1) is 0 Å². The van der Waals surface area contributed by atoms with Gasteiger partial charge in [-0.25, -0.2) is 15.0 Å². The number of hydrogen-bond donors (Lipinski definition) is 1. The Kier molecular flexibility index (Phi) is 3.37. The lowest BCUT2D eigenvalue weighted by molar-refractivity contribution is 0.482. The summed E-state index contributed by atoms with van der Waals surface area (Å²) in [6.45, 7) is 5.19. The zero-order valence-corrected chi connectivity index (χ0v) is 11.0. The van der Waals surface area contributed by atoms with Gasteiger partial charge in [-0.15, -0.1) is 0 Å². The van der Waals surface area contributed by atoms with Gasteiger partial charge < -0.3 is 10.2 Å². The van der Waals surface area contributed by atoms with Gasteiger partial charge in [0.2, 0.25) is 0 Å². The minimum absolute atomic E-state index is 0.507. The number of anilines is 1. The molecule has 0 spiro atoms. The second-order valence-corrected chi connectivity index (χ2v) is 4.78. The maximum absolute atomic E-state index is 4.53. The molecular weight excluding hydrogens is 238 g/mol. The molecule has 0 radical (unpaired) electrons. The molecule has 1 aliphatic heterocycles. The van der Waals surface area contributed by atoms with Crippen LogP contribution < -0.4 is 10.2 Å². The predicted octanol–water partition coefficient (Wildman–Crippen LogP) is 1.34. The molecule has 1 saturated heterocycles. The highest BCUT2D eigenvalue weighted by molar-refractivity contribution is 5.56. The number of pyridine rings is 1. The van der Waals surface area contributed by atoms with Gasteiger partial charge in [0.15, 0.2) is 5.82 Å². The van der Waals surface area contributed by atoms with E-state index in [1.165, 1.54) is 0 Å². The van der Waals surface area contributed by atoms with Crippen molar-refractivity contribution >= 4 is 5.82 Å². The van der Waals surface area contributed by atoms with E-state index in [4.69, 9.17) is 0 Å². The lowest BCUT2D eigenvalue weighted by atomic mass is 10.2. The summed E-state index contributed by atoms with van der Waals surface area (Å²) < 4.78 is 0. The van der Waals surface area contributed by atoms with Crippen molar-refractivity contribution in [3.8, 4) is 11.4 Å². The van der Waals surface area contributed by atoms with Crippen molar-refractivity contribution < 1.29 is 0 Å². The summed E-state index contributed by atoms with van der Waals surface area (Å²) in [4.78, 5) is 15.3. The molecule has 0 aliphatic carbocycles. The van der Waals surface area contributed by atoms with Crippen LogP contribution in [0.3, 0.4) is 0 Å². The van der Waals surface area contributed by atoms with E-state index in [1.54, 1.807) is 12.4 Å². The van der Waals surface area contributed by atoms with Crippen molar-refractivity contribution in [2.45, 2.75) is 13.0 Å². The predicted molar refractivity (Wildman–Crippen MR) is 74.9 cm³/mol. The minimum Gasteiger partial charge on any atom is -0.354 e. The van der Waals surface area contributed by atoms with Crippen molar-refractivity contribution in [1.29, 1.82) is 0 Å². The number of aromatic nitrogens is 3. The molecule has 2 aromatic heterocycles. The molecule has 0 amide bonds. The Morgan fingerprint density at radius 1 is 1.21 bits per heavy atom. The van der Waals surface area contributed by atoms with E-state index in [0.717, 1.165) is 36.8 Å². The molecule has 19 heavy (non-hydrogen) atoms. The van der Waals surface area contributed by atoms with Crippen LogP contribution in [0.15, 0.2) is 36.8 Å². The third-order valence-electron chi connectivity index (χ3n) is 3.26. The number of nitrogens with one attached hydrogen (secondary N) is 1. The quantitative estimate of drug-likeness (QED) is 0.877. The molecule has 5 heteroatoms. The van der Waals surface area contributed by atoms with Crippen LogP contribution in [0.1, 0.15) is 6.92 Å². The van der Waals surface area contributed by atoms with Crippen molar-refractivity contribution in [3.63, 3.8) is 0 Å². The van der Waals surface area contributed by atoms with E-state index in [0.29, 0.717) is 6.04 Å². The number of hydrogen-bond acceptors (Lipinski definition) is 5. The van der Waals surface area contributed by atoms with Crippen LogP contribution in [0.25, 0.3) is 11.4 Å². The maximum Gasteiger partial charge on any atom is 0.160 e. The van der Waals surface area contributed by atoms with Gasteiger partial charge in [-0.3, -0.25) is 0 Å². The standard InChI is InChI=1S/C14H17N5/c1-11-10-19(8-7-15-11)13-4-3-12(9-18-13)14-16-5-2-6-17-14/h2-6,9,11,15H,7-8,10H2,1H3/t11-/m1/s1. The summed E-state index contributed by atoms with van der Waals surface area (Å²) in [6.07, 6.45) is 5.33. The van der Waals surface area contributed by atoms with E-state index in [1.807, 2.05) is 24.4 Å². The van der Waals surface area contributed by atoms with E-state index in [-0.39, 0.29) is 0 Å². The first-order valence-electron chi connectivity index (χ1n) is 6.55. The van der Waals surface area contributed by atoms with Crippen molar-refractivity contribution in [1.82, 2.24) is 20.3 Å². The normalized spacial score (nSPS) is 19.4. The Hall–Kier alpha value is -2.01. The lowest BCUT2D eigenvalue weighted by Crippen LogP contribution is -2.49. The van der Waals surface area contributed by atoms with Gasteiger partial charge in [-0.2, -0.15) is 0 Å². The number of rotatable bonds is 2. The highest BCUT2D eigenvalue weighted by Gasteiger charge is 2.16. The average molecular weight is 255 g/mol. The molecule has 1 atom stereocenters. The number of nitrogens with zero attached hydrogens (tertiary/aromatic N) is 4. The fraction of sp³-hybridized carbons (Fsp3) is 0.357. The second kappa shape index (κ2) is 5.32. The van der Waals surface area contributed by atoms with Crippen LogP contribution in [-0.2, 0) is 0 Å². The third-order valence-corrected chi connectivity index (χ3v) is 3.26. The van der Waals surface area contributed by atoms with Gasteiger partial charge in [0, 0.05) is 49.8 Å². The molecule has 3 rings (SSSR count). The van der Waals surface area contributed by atoms with Crippen molar-refractivity contribution in [3.05, 3.63) is 36.8 Å². The molecule has 0 unspecified atom stereocenters. The van der Waals surface area contributed by atoms with Crippen LogP contribution in [0, 0.1) is 0 Å². The van der Waals surface area contributed by atoms with Gasteiger partial charge in [0.25, 0.3) is 0 Å². The van der Waals surface area contributed by atoms with Gasteiger partial charge in [0.1, 0.15) is 5.82 Å². The van der Waals surface area contributed by atoms with Crippen LogP contribution in [0.2, 0.25) is 0 Å². The van der Waals surface area contributed by atoms with E-state index < -0.39 is 0 Å². The third kappa shape index (κ3) is 2.71. The summed E-state index contributed by atoms with van der Waals surface area (Å²) in [5, 5.41) is 3.43. The highest BCUT2D eigenvalue weighted by atomic mass is 15.2. The second-order valence-electron chi connectivity index (χ2n) is 4.78. The molecular formula is C14H17N5. The molecule has 98 valence electrons. The van der Waals surface area contributed by atoms with Crippen LogP contribution in [0.5, 0.6) is 0 Å². The molecule has 1 fully saturated rings. The molecule has 1 N–H and O–H groups in total. The minimum atomic E-state index is 0.507. The maximum atomic E-state index is 4.53. The van der Waals surface area contributed by atoms with Crippen molar-refractivity contribution in [2.75, 3.05) is 24.5 Å². The zero-order valence-electron chi connectivity index (χ0n) is 11.0. The molecule has 0 bridgehead atoms. The summed E-state index contributed by atoms with van der Waals surface area (Å²) in [6, 6.07) is 6.40. The molecule has 2 aromatic rings. The lowest BCUT2D eigenvalue weighted by Gasteiger charge is -2.32. The Labute approximate surface area is 112 Å². The SMILES string of the molecule is C[C@@H]1CN(c2ccc(-c3ncccn3)cn2)CCN1. The first-order valence-corrected chi connectivity index (χ1v) is 6.55. The fourth-order valence-electron chi connectivity index (χ4n) is 2.29. The topological polar surface area (TPSA) is 53.9 Å². The van der Waals surface area contributed by atoms with E-state index in [2.05, 4.69) is 32.1 Å². The molecule has 5 nitrogen and oxygen atoms in total. The van der Waals surface area contributed by atoms with Crippen LogP contribution in [-0.4, -0.2) is 40.6 Å². The first kappa shape index (κ1) is 12.0. The fourth-order valence-corrected chi connectivity index (χ4v) is 2.29.